The molecule has 1 heterocycles. The molecule has 0 aliphatic carbocycles. The van der Waals surface area contributed by atoms with E-state index in [9.17, 15) is 9.59 Å². The quantitative estimate of drug-likeness (QED) is 0.834. The van der Waals surface area contributed by atoms with E-state index in [1.54, 1.807) is 13.1 Å². The lowest BCUT2D eigenvalue weighted by molar-refractivity contribution is -0.143. The molecule has 5 nitrogen and oxygen atoms in total. The van der Waals surface area contributed by atoms with Crippen molar-refractivity contribution < 1.29 is 9.53 Å². The zero-order valence-electron chi connectivity index (χ0n) is 10.8. The van der Waals surface area contributed by atoms with Crippen molar-refractivity contribution >= 4 is 5.97 Å². The average Bonchev–Trinajstić information content (AvgIpc) is 2.81. The van der Waals surface area contributed by atoms with Crippen molar-refractivity contribution in [1.82, 2.24) is 9.55 Å². The Hall–Kier alpha value is -2.30. The zero-order chi connectivity index (χ0) is 13.7. The van der Waals surface area contributed by atoms with Crippen LogP contribution in [-0.4, -0.2) is 22.1 Å². The minimum absolute atomic E-state index is 0.202. The molecule has 0 fully saturated rings. The van der Waals surface area contributed by atoms with Gasteiger partial charge >= 0.3 is 11.7 Å². The predicted octanol–water partition coefficient (Wildman–Crippen LogP) is 1.80. The number of hydrogen-bond acceptors (Lipinski definition) is 3. The first-order valence-electron chi connectivity index (χ1n) is 6.21. The Balaban J connectivity index is 2.05. The monoisotopic (exact) mass is 260 g/mol. The lowest BCUT2D eigenvalue weighted by Crippen LogP contribution is -2.20. The van der Waals surface area contributed by atoms with Crippen molar-refractivity contribution in [3.8, 4) is 11.3 Å². The number of esters is 1. The van der Waals surface area contributed by atoms with Gasteiger partial charge in [-0.3, -0.25) is 9.36 Å². The zero-order valence-corrected chi connectivity index (χ0v) is 10.8. The van der Waals surface area contributed by atoms with E-state index in [1.807, 2.05) is 30.3 Å². The van der Waals surface area contributed by atoms with Gasteiger partial charge in [-0.15, -0.1) is 0 Å². The highest BCUT2D eigenvalue weighted by atomic mass is 16.5. The molecule has 2 aromatic rings. The number of imidazole rings is 1. The number of nitrogens with zero attached hydrogens (tertiary/aromatic N) is 1. The Morgan fingerprint density at radius 3 is 2.74 bits per heavy atom. The lowest BCUT2D eigenvalue weighted by Gasteiger charge is -2.02. The minimum atomic E-state index is -0.258. The molecule has 100 valence electrons. The summed E-state index contributed by atoms with van der Waals surface area (Å²) in [6.45, 7) is 2.30. The first-order valence-corrected chi connectivity index (χ1v) is 6.21. The van der Waals surface area contributed by atoms with Gasteiger partial charge in [0.25, 0.3) is 0 Å². The molecule has 0 saturated heterocycles. The van der Waals surface area contributed by atoms with Gasteiger partial charge < -0.3 is 9.72 Å². The second kappa shape index (κ2) is 6.04. The molecule has 1 aromatic carbocycles. The molecular weight excluding hydrogens is 244 g/mol. The molecule has 1 aromatic heterocycles. The topological polar surface area (TPSA) is 64.1 Å². The third-order valence-corrected chi connectivity index (χ3v) is 2.76. The van der Waals surface area contributed by atoms with Crippen LogP contribution in [-0.2, 0) is 16.1 Å². The number of rotatable bonds is 5. The number of carbonyl (C=O) groups is 1. The molecule has 0 spiro atoms. The van der Waals surface area contributed by atoms with Gasteiger partial charge in [0.1, 0.15) is 6.61 Å². The normalized spacial score (nSPS) is 10.4. The minimum Gasteiger partial charge on any atom is -0.464 e. The Labute approximate surface area is 110 Å². The van der Waals surface area contributed by atoms with Gasteiger partial charge in [0.15, 0.2) is 0 Å². The summed E-state index contributed by atoms with van der Waals surface area (Å²) in [5, 5.41) is 0. The molecule has 0 saturated carbocycles. The molecule has 19 heavy (non-hydrogen) atoms. The van der Waals surface area contributed by atoms with Crippen molar-refractivity contribution in [2.24, 2.45) is 0 Å². The van der Waals surface area contributed by atoms with Crippen molar-refractivity contribution in [1.29, 1.82) is 0 Å². The largest absolute Gasteiger partial charge is 0.464 e. The average molecular weight is 260 g/mol. The first-order chi connectivity index (χ1) is 9.20. The van der Waals surface area contributed by atoms with E-state index in [2.05, 4.69) is 4.98 Å². The van der Waals surface area contributed by atoms with Gasteiger partial charge in [-0.2, -0.15) is 0 Å². The first kappa shape index (κ1) is 13.1. The van der Waals surface area contributed by atoms with Crippen LogP contribution in [0.4, 0.5) is 0 Å². The number of H-pyrrole nitrogens is 1. The fourth-order valence-electron chi connectivity index (χ4n) is 1.72. The van der Waals surface area contributed by atoms with Gasteiger partial charge in [0.2, 0.25) is 0 Å². The SMILES string of the molecule is CCC(=O)OCCn1cc(-c2ccccc2)[nH]c1=O. The summed E-state index contributed by atoms with van der Waals surface area (Å²) in [4.78, 5) is 25.5. The van der Waals surface area contributed by atoms with Crippen molar-refractivity contribution in [2.45, 2.75) is 19.9 Å². The molecule has 5 heteroatoms. The van der Waals surface area contributed by atoms with Crippen LogP contribution in [0.5, 0.6) is 0 Å². The molecule has 0 aliphatic heterocycles. The van der Waals surface area contributed by atoms with E-state index < -0.39 is 0 Å². The standard InChI is InChI=1S/C14H16N2O3/c1-2-13(17)19-9-8-16-10-12(15-14(16)18)11-6-4-3-5-7-11/h3-7,10H,2,8-9H2,1H3,(H,15,18). The van der Waals surface area contributed by atoms with Crippen molar-refractivity contribution in [3.63, 3.8) is 0 Å². The van der Waals surface area contributed by atoms with E-state index >= 15 is 0 Å². The summed E-state index contributed by atoms with van der Waals surface area (Å²) < 4.78 is 6.46. The van der Waals surface area contributed by atoms with Crippen LogP contribution in [0.2, 0.25) is 0 Å². The molecule has 1 N–H and O–H groups in total. The van der Waals surface area contributed by atoms with Crippen LogP contribution in [0, 0.1) is 0 Å². The lowest BCUT2D eigenvalue weighted by atomic mass is 10.2. The third-order valence-electron chi connectivity index (χ3n) is 2.76. The molecule has 0 aliphatic rings. The number of benzene rings is 1. The summed E-state index contributed by atoms with van der Waals surface area (Å²) in [6, 6.07) is 9.59. The number of hydrogen-bond donors (Lipinski definition) is 1. The van der Waals surface area contributed by atoms with Gasteiger partial charge in [0, 0.05) is 12.6 Å². The molecule has 0 radical (unpaired) electrons. The van der Waals surface area contributed by atoms with Crippen LogP contribution in [0.25, 0.3) is 11.3 Å². The van der Waals surface area contributed by atoms with Gasteiger partial charge in [0.05, 0.1) is 12.2 Å². The Morgan fingerprint density at radius 2 is 2.05 bits per heavy atom. The van der Waals surface area contributed by atoms with E-state index in [0.29, 0.717) is 13.0 Å². The van der Waals surface area contributed by atoms with Gasteiger partial charge in [-0.05, 0) is 5.56 Å². The molecule has 2 rings (SSSR count). The van der Waals surface area contributed by atoms with Crippen LogP contribution in [0.15, 0.2) is 41.3 Å². The maximum Gasteiger partial charge on any atom is 0.326 e. The molecule has 0 amide bonds. The van der Waals surface area contributed by atoms with Gasteiger partial charge in [-0.25, -0.2) is 4.79 Å². The molecule has 0 atom stereocenters. The van der Waals surface area contributed by atoms with Crippen LogP contribution in [0.1, 0.15) is 13.3 Å². The second-order valence-electron chi connectivity index (χ2n) is 4.11. The highest BCUT2D eigenvalue weighted by molar-refractivity contribution is 5.68. The predicted molar refractivity (Wildman–Crippen MR) is 71.7 cm³/mol. The smallest absolute Gasteiger partial charge is 0.326 e. The van der Waals surface area contributed by atoms with Crippen LogP contribution in [0.3, 0.4) is 0 Å². The fourth-order valence-corrected chi connectivity index (χ4v) is 1.72. The number of ether oxygens (including phenoxy) is 1. The number of aromatic nitrogens is 2. The van der Waals surface area contributed by atoms with E-state index in [4.69, 9.17) is 4.74 Å². The Kier molecular flexibility index (Phi) is 4.18. The second-order valence-corrected chi connectivity index (χ2v) is 4.11. The Morgan fingerprint density at radius 1 is 1.32 bits per heavy atom. The summed E-state index contributed by atoms with van der Waals surface area (Å²) in [5.41, 5.74) is 1.50. The Bertz CT molecular complexity index is 599. The number of carbonyl (C=O) groups excluding carboxylic acids is 1. The van der Waals surface area contributed by atoms with E-state index in [1.165, 1.54) is 4.57 Å². The molecular formula is C14H16N2O3. The van der Waals surface area contributed by atoms with E-state index in [0.717, 1.165) is 11.3 Å². The summed E-state index contributed by atoms with van der Waals surface area (Å²) in [7, 11) is 0. The van der Waals surface area contributed by atoms with Gasteiger partial charge in [-0.1, -0.05) is 37.3 Å². The number of nitrogens with one attached hydrogen (secondary N) is 1. The van der Waals surface area contributed by atoms with Crippen LogP contribution < -0.4 is 5.69 Å². The third kappa shape index (κ3) is 3.34. The highest BCUT2D eigenvalue weighted by Crippen LogP contribution is 2.14. The highest BCUT2D eigenvalue weighted by Gasteiger charge is 2.05. The molecule has 0 unspecified atom stereocenters. The number of aromatic amines is 1. The molecule has 0 bridgehead atoms. The summed E-state index contributed by atoms with van der Waals surface area (Å²) >= 11 is 0. The fraction of sp³-hybridized carbons (Fsp3) is 0.286. The maximum atomic E-state index is 11.7. The summed E-state index contributed by atoms with van der Waals surface area (Å²) in [5.74, 6) is -0.258. The van der Waals surface area contributed by atoms with Crippen molar-refractivity contribution in [3.05, 3.63) is 47.0 Å². The van der Waals surface area contributed by atoms with Crippen molar-refractivity contribution in [2.75, 3.05) is 6.61 Å². The van der Waals surface area contributed by atoms with E-state index in [-0.39, 0.29) is 18.3 Å². The summed E-state index contributed by atoms with van der Waals surface area (Å²) in [6.07, 6.45) is 2.08. The van der Waals surface area contributed by atoms with Crippen LogP contribution >= 0.6 is 0 Å². The maximum absolute atomic E-state index is 11.7.